The average molecular weight is 914 g/mol. The minimum absolute atomic E-state index is 0.0193. The number of Topliss-reactive ketones (excluding diaryl/α,β-unsaturated/α-hetero) is 3. The number of amides is 1. The first-order chi connectivity index (χ1) is 30.7. The summed E-state index contributed by atoms with van der Waals surface area (Å²) in [5.74, 6) is -7.96. The maximum Gasteiger partial charge on any atom is 0.329 e. The monoisotopic (exact) mass is 914 g/mol. The molecule has 4 aliphatic rings. The van der Waals surface area contributed by atoms with Crippen LogP contribution in [0, 0.1) is 35.5 Å². The summed E-state index contributed by atoms with van der Waals surface area (Å²) in [7, 11) is 4.52. The highest BCUT2D eigenvalue weighted by Crippen LogP contribution is 2.38. The van der Waals surface area contributed by atoms with Crippen molar-refractivity contribution in [3.63, 3.8) is 0 Å². The van der Waals surface area contributed by atoms with Crippen molar-refractivity contribution in [1.82, 2.24) is 4.90 Å². The molecular weight excluding hydrogens is 835 g/mol. The van der Waals surface area contributed by atoms with Crippen LogP contribution in [0.2, 0.25) is 0 Å². The van der Waals surface area contributed by atoms with Crippen LogP contribution >= 0.6 is 0 Å². The second-order valence-corrected chi connectivity index (χ2v) is 19.6. The molecule has 3 aliphatic heterocycles. The topological polar surface area (TPSA) is 195 Å². The Morgan fingerprint density at radius 3 is 2.25 bits per heavy atom. The molecule has 4 rings (SSSR count). The largest absolute Gasteiger partial charge is 0.460 e. The third-order valence-corrected chi connectivity index (χ3v) is 14.5. The molecule has 3 fully saturated rings. The maximum atomic E-state index is 14.4. The van der Waals surface area contributed by atoms with E-state index in [1.807, 2.05) is 58.1 Å². The van der Waals surface area contributed by atoms with Crippen LogP contribution in [0.4, 0.5) is 0 Å². The zero-order valence-electron chi connectivity index (χ0n) is 40.6. The van der Waals surface area contributed by atoms with Gasteiger partial charge in [-0.2, -0.15) is 0 Å². The number of methoxy groups -OCH3 is 3. The van der Waals surface area contributed by atoms with Crippen LogP contribution in [0.25, 0.3) is 0 Å². The SMILES string of the molecule is CO[C@H]1CC2CC[C@@H](C)[C@@](O)(O2)C(=O)C(=O)N2CCCCC2C(=O)OC([C@H](C)C[C@@H]2CC[C@@H](O)[C@H](OC)C2)CC(=O)[C@H](C)/C=C(/C)[C@H](O)[C@@H](OC)C(=O)[C@@H](C)C[C@H](C)/C=C/C=CC=C1C. The maximum absolute atomic E-state index is 14.4. The highest BCUT2D eigenvalue weighted by Gasteiger charge is 2.53. The van der Waals surface area contributed by atoms with Crippen molar-refractivity contribution in [2.24, 2.45) is 35.5 Å². The second-order valence-electron chi connectivity index (χ2n) is 19.6. The van der Waals surface area contributed by atoms with Gasteiger partial charge < -0.3 is 43.9 Å². The number of cyclic esters (lactones) is 1. The lowest BCUT2D eigenvalue weighted by Gasteiger charge is -2.42. The number of nitrogens with zero attached hydrogens (tertiary/aromatic N) is 1. The standard InChI is InChI=1S/C51H79NO13/c1-30-16-12-11-13-17-31(2)42(61-8)28-38-21-19-36(7)51(60,65-38)48(57)49(58)52-23-15-14-18-39(52)50(59)64-43(33(4)26-37-20-22-40(53)44(27-37)62-9)29-41(54)32(3)25-35(6)46(56)47(63-10)45(55)34(5)24-30/h11-13,16-17,25,30,32-34,36-40,42-44,46-47,53,56,60H,14-15,18-24,26-29H2,1-10H3/b13-11?,16-12+,31-17?,35-25-/t30-,32-,33-,34+,36-,37+,38?,39?,40-,42+,43?,44-,46+,47+,51-/m1/s1. The van der Waals surface area contributed by atoms with Crippen molar-refractivity contribution in [2.75, 3.05) is 27.9 Å². The lowest BCUT2D eigenvalue weighted by molar-refractivity contribution is -0.265. The zero-order valence-corrected chi connectivity index (χ0v) is 40.6. The molecule has 3 unspecified atom stereocenters. The van der Waals surface area contributed by atoms with Crippen LogP contribution in [-0.4, -0.2) is 132 Å². The van der Waals surface area contributed by atoms with E-state index in [-0.39, 0.29) is 54.8 Å². The number of aliphatic hydroxyl groups is 3. The van der Waals surface area contributed by atoms with Crippen LogP contribution in [0.3, 0.4) is 0 Å². The van der Waals surface area contributed by atoms with Crippen LogP contribution in [-0.2, 0) is 47.7 Å². The second kappa shape index (κ2) is 25.1. The van der Waals surface area contributed by atoms with Crippen molar-refractivity contribution in [3.8, 4) is 0 Å². The fourth-order valence-electron chi connectivity index (χ4n) is 10.1. The van der Waals surface area contributed by atoms with Crippen molar-refractivity contribution in [1.29, 1.82) is 0 Å². The Labute approximate surface area is 387 Å². The molecule has 15 atom stereocenters. The van der Waals surface area contributed by atoms with E-state index in [2.05, 4.69) is 0 Å². The normalized spacial score (nSPS) is 39.1. The van der Waals surface area contributed by atoms with Gasteiger partial charge in [0, 0.05) is 58.5 Å². The number of rotatable bonds is 6. The van der Waals surface area contributed by atoms with Gasteiger partial charge in [-0.1, -0.05) is 71.1 Å². The van der Waals surface area contributed by atoms with Gasteiger partial charge in [0.2, 0.25) is 5.79 Å². The molecule has 0 radical (unpaired) electrons. The van der Waals surface area contributed by atoms with Crippen molar-refractivity contribution in [3.05, 3.63) is 47.6 Å². The van der Waals surface area contributed by atoms with Gasteiger partial charge in [0.05, 0.1) is 24.4 Å². The van der Waals surface area contributed by atoms with Gasteiger partial charge in [-0.25, -0.2) is 4.79 Å². The number of piperidine rings is 1. The molecule has 1 amide bonds. The molecule has 65 heavy (non-hydrogen) atoms. The third-order valence-electron chi connectivity index (χ3n) is 14.5. The minimum atomic E-state index is -2.43. The van der Waals surface area contributed by atoms with Gasteiger partial charge in [-0.05, 0) is 107 Å². The van der Waals surface area contributed by atoms with Gasteiger partial charge in [0.15, 0.2) is 5.78 Å². The minimum Gasteiger partial charge on any atom is -0.460 e. The summed E-state index contributed by atoms with van der Waals surface area (Å²) in [4.78, 5) is 71.8. The molecule has 1 saturated carbocycles. The number of ketones is 3. The van der Waals surface area contributed by atoms with E-state index < -0.39 is 83.9 Å². The van der Waals surface area contributed by atoms with Gasteiger partial charge in [-0.15, -0.1) is 0 Å². The van der Waals surface area contributed by atoms with Gasteiger partial charge in [0.1, 0.15) is 30.1 Å². The molecule has 366 valence electrons. The van der Waals surface area contributed by atoms with Crippen molar-refractivity contribution >= 4 is 29.2 Å². The quantitative estimate of drug-likeness (QED) is 0.156. The Balaban J connectivity index is 1.70. The first-order valence-electron chi connectivity index (χ1n) is 23.9. The van der Waals surface area contributed by atoms with Crippen molar-refractivity contribution in [2.45, 2.75) is 180 Å². The number of ether oxygens (including phenoxy) is 5. The molecule has 3 N–H and O–H groups in total. The Hall–Kier alpha value is -3.37. The van der Waals surface area contributed by atoms with E-state index in [9.17, 15) is 39.3 Å². The van der Waals surface area contributed by atoms with Gasteiger partial charge >= 0.3 is 5.97 Å². The zero-order chi connectivity index (χ0) is 48.2. The number of hydrogen-bond acceptors (Lipinski definition) is 13. The summed E-state index contributed by atoms with van der Waals surface area (Å²) in [6, 6.07) is -1.14. The summed E-state index contributed by atoms with van der Waals surface area (Å²) in [5.41, 5.74) is 1.27. The average Bonchev–Trinajstić information content (AvgIpc) is 3.28. The van der Waals surface area contributed by atoms with E-state index in [4.69, 9.17) is 23.7 Å². The number of fused-ring (bicyclic) bond motifs is 3. The van der Waals surface area contributed by atoms with E-state index in [0.717, 1.165) is 12.0 Å². The van der Waals surface area contributed by atoms with Crippen LogP contribution in [0.1, 0.15) is 126 Å². The summed E-state index contributed by atoms with van der Waals surface area (Å²) in [6.07, 6.45) is 11.2. The molecule has 0 aromatic heterocycles. The number of esters is 1. The molecule has 3 heterocycles. The predicted molar refractivity (Wildman–Crippen MR) is 245 cm³/mol. The molecule has 14 nitrogen and oxygen atoms in total. The first kappa shape index (κ1) is 54.2. The summed E-state index contributed by atoms with van der Waals surface area (Å²) in [5, 5.41) is 33.8. The van der Waals surface area contributed by atoms with Gasteiger partial charge in [-0.3, -0.25) is 19.2 Å². The lowest BCUT2D eigenvalue weighted by atomic mass is 9.78. The highest BCUT2D eigenvalue weighted by atomic mass is 16.6. The van der Waals surface area contributed by atoms with Crippen LogP contribution < -0.4 is 0 Å². The lowest BCUT2D eigenvalue weighted by Crippen LogP contribution is -2.61. The fraction of sp³-hybridized carbons (Fsp3) is 0.745. The van der Waals surface area contributed by atoms with E-state index in [1.165, 1.54) is 12.0 Å². The van der Waals surface area contributed by atoms with Crippen LogP contribution in [0.5, 0.6) is 0 Å². The summed E-state index contributed by atoms with van der Waals surface area (Å²) >= 11 is 0. The molecule has 0 aromatic carbocycles. The number of carbonyl (C=O) groups is 5. The molecule has 1 aliphatic carbocycles. The Morgan fingerprint density at radius 2 is 1.57 bits per heavy atom. The molecule has 2 bridgehead atoms. The molecule has 0 spiro atoms. The number of aliphatic hydroxyl groups excluding tert-OH is 2. The van der Waals surface area contributed by atoms with Crippen LogP contribution in [0.15, 0.2) is 47.6 Å². The van der Waals surface area contributed by atoms with E-state index in [0.29, 0.717) is 63.4 Å². The summed E-state index contributed by atoms with van der Waals surface area (Å²) < 4.78 is 29.4. The summed E-state index contributed by atoms with van der Waals surface area (Å²) in [6.45, 7) is 12.7. The third kappa shape index (κ3) is 14.3. The Bertz CT molecular complexity index is 1760. The van der Waals surface area contributed by atoms with Gasteiger partial charge in [0.25, 0.3) is 11.7 Å². The molecule has 0 aromatic rings. The number of carbonyl (C=O) groups excluding carboxylic acids is 5. The van der Waals surface area contributed by atoms with Crippen molar-refractivity contribution < 1.29 is 63.0 Å². The van der Waals surface area contributed by atoms with E-state index in [1.54, 1.807) is 41.1 Å². The Kier molecular flexibility index (Phi) is 21.0. The smallest absolute Gasteiger partial charge is 0.329 e. The molecule has 2 saturated heterocycles. The molecular formula is C51H79NO13. The predicted octanol–water partition coefficient (Wildman–Crippen LogP) is 6.18. The fourth-order valence-corrected chi connectivity index (χ4v) is 10.1. The highest BCUT2D eigenvalue weighted by molar-refractivity contribution is 6.39. The first-order valence-corrected chi connectivity index (χ1v) is 23.9. The Morgan fingerprint density at radius 1 is 0.846 bits per heavy atom. The van der Waals surface area contributed by atoms with E-state index >= 15 is 0 Å². The molecule has 14 heteroatoms. The number of hydrogen-bond donors (Lipinski definition) is 3. The number of allylic oxidation sites excluding steroid dienone is 6.